The van der Waals surface area contributed by atoms with Gasteiger partial charge in [-0.25, -0.2) is 0 Å². The maximum absolute atomic E-state index is 11.8. The van der Waals surface area contributed by atoms with Crippen LogP contribution in [0.4, 0.5) is 39.6 Å². The summed E-state index contributed by atoms with van der Waals surface area (Å²) < 4.78 is 101. The summed E-state index contributed by atoms with van der Waals surface area (Å²) in [7, 11) is 0. The van der Waals surface area contributed by atoms with Crippen molar-refractivity contribution in [3.63, 3.8) is 0 Å². The fourth-order valence-corrected chi connectivity index (χ4v) is 0.510. The van der Waals surface area contributed by atoms with Gasteiger partial charge in [0.15, 0.2) is 0 Å². The molecule has 20 heavy (non-hydrogen) atoms. The molecule has 1 aliphatic rings. The Hall–Kier alpha value is 0.120. The van der Waals surface area contributed by atoms with Crippen molar-refractivity contribution in [1.82, 2.24) is 0 Å². The second-order valence-corrected chi connectivity index (χ2v) is 5.15. The lowest BCUT2D eigenvalue weighted by molar-refractivity contribution is -0.444. The van der Waals surface area contributed by atoms with Gasteiger partial charge in [0, 0.05) is 0 Å². The molecule has 0 atom stereocenters. The quantitative estimate of drug-likeness (QED) is 0.375. The third kappa shape index (κ3) is 3.85. The van der Waals surface area contributed by atoms with Crippen molar-refractivity contribution in [3.8, 4) is 0 Å². The molecular weight excluding hydrogens is 385 g/mol. The van der Waals surface area contributed by atoms with Gasteiger partial charge in [0.1, 0.15) is 0 Å². The number of hydrogen-bond acceptors (Lipinski definition) is 3. The van der Waals surface area contributed by atoms with Crippen LogP contribution in [-0.2, 0) is 14.7 Å². The Kier molecular flexibility index (Phi) is 5.76. The lowest BCUT2D eigenvalue weighted by atomic mass is 10.3. The summed E-state index contributed by atoms with van der Waals surface area (Å²) in [6.45, 7) is 0. The van der Waals surface area contributed by atoms with Crippen LogP contribution in [0.3, 0.4) is 0 Å². The van der Waals surface area contributed by atoms with Crippen molar-refractivity contribution < 1.29 is 54.4 Å². The van der Waals surface area contributed by atoms with Crippen molar-refractivity contribution in [2.24, 2.45) is 0 Å². The first-order chi connectivity index (χ1) is 8.52. The lowest BCUT2D eigenvalue weighted by Gasteiger charge is -2.17. The molecular formula is C5Cl3F9O3. The molecule has 1 fully saturated rings. The molecule has 1 aliphatic heterocycles. The molecule has 0 radical (unpaired) electrons. The maximum Gasteiger partial charge on any atom is 0.454 e. The van der Waals surface area contributed by atoms with E-state index in [1.54, 1.807) is 0 Å². The van der Waals surface area contributed by atoms with Gasteiger partial charge in [-0.3, -0.25) is 0 Å². The van der Waals surface area contributed by atoms with Gasteiger partial charge >= 0.3 is 24.2 Å². The molecule has 1 rings (SSSR count). The number of halogens is 12. The van der Waals surface area contributed by atoms with E-state index < -0.39 is 28.0 Å². The molecule has 0 amide bonds. The predicted molar refractivity (Wildman–Crippen MR) is 44.4 cm³/mol. The van der Waals surface area contributed by atoms with Crippen LogP contribution < -0.4 is 0 Å². The van der Waals surface area contributed by atoms with Gasteiger partial charge in [-0.1, -0.05) is 34.8 Å². The van der Waals surface area contributed by atoms with E-state index in [1.165, 1.54) is 0 Å². The summed E-state index contributed by atoms with van der Waals surface area (Å²) >= 11 is 13.6. The van der Waals surface area contributed by atoms with Gasteiger partial charge in [0.05, 0.1) is 0 Å². The molecule has 0 spiro atoms. The van der Waals surface area contributed by atoms with Gasteiger partial charge in [-0.2, -0.15) is 44.9 Å². The largest absolute Gasteiger partial charge is 0.454 e. The van der Waals surface area contributed by atoms with Crippen LogP contribution in [0.25, 0.3) is 0 Å². The highest BCUT2D eigenvalue weighted by Crippen LogP contribution is 2.52. The Labute approximate surface area is 118 Å². The third-order valence-electron chi connectivity index (χ3n) is 1.41. The molecule has 0 bridgehead atoms. The van der Waals surface area contributed by atoms with Crippen LogP contribution in [-0.4, -0.2) is 28.0 Å². The first-order valence-electron chi connectivity index (χ1n) is 3.76. The molecule has 1 saturated heterocycles. The van der Waals surface area contributed by atoms with E-state index in [4.69, 9.17) is 0 Å². The SMILES string of the molecule is FC1(F)OOC(F)(F)C1(F)F.FOC(F)(F)C(Cl)(Cl)Cl. The number of hydrogen-bond donors (Lipinski definition) is 0. The van der Waals surface area contributed by atoms with Gasteiger partial charge in [0.2, 0.25) is 0 Å². The summed E-state index contributed by atoms with van der Waals surface area (Å²) in [5.41, 5.74) is 0. The van der Waals surface area contributed by atoms with E-state index in [0.29, 0.717) is 0 Å². The number of rotatable bonds is 1. The third-order valence-corrected chi connectivity index (χ3v) is 2.07. The smallest absolute Gasteiger partial charge is 0.186 e. The van der Waals surface area contributed by atoms with Crippen molar-refractivity contribution in [2.75, 3.05) is 0 Å². The topological polar surface area (TPSA) is 27.7 Å². The predicted octanol–water partition coefficient (Wildman–Crippen LogP) is 4.62. The molecule has 0 N–H and O–H groups in total. The molecule has 0 unspecified atom stereocenters. The highest BCUT2D eigenvalue weighted by atomic mass is 35.6. The zero-order chi connectivity index (χ0) is 16.6. The Bertz CT molecular complexity index is 326. The van der Waals surface area contributed by atoms with Crippen molar-refractivity contribution in [1.29, 1.82) is 0 Å². The highest BCUT2D eigenvalue weighted by Gasteiger charge is 2.81. The molecule has 0 aromatic carbocycles. The van der Waals surface area contributed by atoms with Crippen LogP contribution in [0, 0.1) is 0 Å². The molecule has 0 aromatic heterocycles. The van der Waals surface area contributed by atoms with Crippen molar-refractivity contribution in [3.05, 3.63) is 0 Å². The highest BCUT2D eigenvalue weighted by molar-refractivity contribution is 6.68. The van der Waals surface area contributed by atoms with Crippen LogP contribution in [0.5, 0.6) is 0 Å². The van der Waals surface area contributed by atoms with Crippen LogP contribution >= 0.6 is 34.8 Å². The normalized spacial score (nSPS) is 24.0. The van der Waals surface area contributed by atoms with E-state index in [2.05, 4.69) is 49.5 Å². The fourth-order valence-electron chi connectivity index (χ4n) is 0.422. The molecule has 0 aromatic rings. The summed E-state index contributed by atoms with van der Waals surface area (Å²) in [5.74, 6) is -5.62. The minimum atomic E-state index is -5.62. The summed E-state index contributed by atoms with van der Waals surface area (Å²) in [6.07, 6.45) is -15.0. The molecule has 1 heterocycles. The van der Waals surface area contributed by atoms with E-state index in [9.17, 15) is 39.6 Å². The van der Waals surface area contributed by atoms with Gasteiger partial charge in [-0.15, -0.1) is 4.94 Å². The first-order valence-corrected chi connectivity index (χ1v) is 4.90. The van der Waals surface area contributed by atoms with Gasteiger partial charge in [-0.05, 0) is 4.53 Å². The molecule has 3 nitrogen and oxygen atoms in total. The summed E-state index contributed by atoms with van der Waals surface area (Å²) in [5, 5.41) is 0. The Morgan fingerprint density at radius 1 is 0.800 bits per heavy atom. The summed E-state index contributed by atoms with van der Waals surface area (Å²) in [4.78, 5) is 6.95. The lowest BCUT2D eigenvalue weighted by Crippen LogP contribution is -2.47. The average Bonchev–Trinajstić information content (AvgIpc) is 2.38. The van der Waals surface area contributed by atoms with Gasteiger partial charge < -0.3 is 0 Å². The average molecular weight is 385 g/mol. The minimum Gasteiger partial charge on any atom is -0.186 e. The van der Waals surface area contributed by atoms with Crippen molar-refractivity contribution >= 4 is 34.8 Å². The minimum absolute atomic E-state index is 2.07. The number of alkyl halides is 11. The Morgan fingerprint density at radius 3 is 1.15 bits per heavy atom. The van der Waals surface area contributed by atoms with E-state index in [1.807, 2.05) is 0 Å². The van der Waals surface area contributed by atoms with E-state index >= 15 is 0 Å². The molecule has 122 valence electrons. The molecule has 15 heteroatoms. The van der Waals surface area contributed by atoms with Crippen LogP contribution in [0.2, 0.25) is 0 Å². The first kappa shape index (κ1) is 20.1. The Morgan fingerprint density at radius 2 is 1.10 bits per heavy atom. The van der Waals surface area contributed by atoms with Crippen molar-refractivity contribution in [2.45, 2.75) is 28.0 Å². The fraction of sp³-hybridized carbons (Fsp3) is 1.00. The molecule has 0 saturated carbocycles. The Balaban J connectivity index is 0.000000370. The van der Waals surface area contributed by atoms with Crippen LogP contribution in [0.1, 0.15) is 0 Å². The second kappa shape index (κ2) is 5.72. The van der Waals surface area contributed by atoms with E-state index in [-0.39, 0.29) is 0 Å². The standard InChI is InChI=1S/C3F6O2.C2Cl3F3O/c4-1(5)2(6,7)10-11-3(1,8)9;3-1(4,5)2(6,7)9-8. The zero-order valence-electron chi connectivity index (χ0n) is 8.26. The monoisotopic (exact) mass is 384 g/mol. The molecule has 0 aliphatic carbocycles. The maximum atomic E-state index is 11.8. The van der Waals surface area contributed by atoms with Crippen LogP contribution in [0.15, 0.2) is 0 Å². The zero-order valence-corrected chi connectivity index (χ0v) is 10.5. The summed E-state index contributed by atoms with van der Waals surface area (Å²) in [6, 6.07) is 0. The second-order valence-electron chi connectivity index (χ2n) is 2.87. The van der Waals surface area contributed by atoms with E-state index in [0.717, 1.165) is 0 Å². The van der Waals surface area contributed by atoms with Gasteiger partial charge in [0.25, 0.3) is 3.79 Å².